The first-order chi connectivity index (χ1) is 13.2. The van der Waals surface area contributed by atoms with Crippen LogP contribution in [0.25, 0.3) is 0 Å². The topological polar surface area (TPSA) is 42.0 Å². The molecule has 27 heavy (non-hydrogen) atoms. The Bertz CT molecular complexity index is 775. The fourth-order valence-electron chi connectivity index (χ4n) is 4.06. The third-order valence-electron chi connectivity index (χ3n) is 5.62. The minimum atomic E-state index is 0.0483. The third kappa shape index (κ3) is 4.08. The van der Waals surface area contributed by atoms with Gasteiger partial charge in [-0.3, -0.25) is 9.69 Å². The molecule has 0 radical (unpaired) electrons. The van der Waals surface area contributed by atoms with E-state index in [1.807, 2.05) is 23.1 Å². The summed E-state index contributed by atoms with van der Waals surface area (Å²) in [5.74, 6) is 1.43. The zero-order chi connectivity index (χ0) is 18.6. The molecule has 0 bridgehead atoms. The van der Waals surface area contributed by atoms with Gasteiger partial charge in [-0.25, -0.2) is 0 Å². The lowest BCUT2D eigenvalue weighted by atomic mass is 10.1. The number of benzene rings is 2. The fourth-order valence-corrected chi connectivity index (χ4v) is 4.06. The zero-order valence-corrected chi connectivity index (χ0v) is 15.8. The molecule has 0 atom stereocenters. The van der Waals surface area contributed by atoms with E-state index >= 15 is 0 Å². The van der Waals surface area contributed by atoms with Gasteiger partial charge in [-0.15, -0.1) is 0 Å². The maximum Gasteiger partial charge on any atom is 0.260 e. The van der Waals surface area contributed by atoms with Crippen LogP contribution in [-0.4, -0.2) is 61.6 Å². The van der Waals surface area contributed by atoms with Gasteiger partial charge in [0.05, 0.1) is 7.11 Å². The molecule has 1 amide bonds. The molecule has 142 valence electrons. The van der Waals surface area contributed by atoms with E-state index in [9.17, 15) is 4.79 Å². The van der Waals surface area contributed by atoms with Crippen molar-refractivity contribution in [3.8, 4) is 11.5 Å². The number of hydrogen-bond donors (Lipinski definition) is 0. The smallest absolute Gasteiger partial charge is 0.260 e. The Morgan fingerprint density at radius 2 is 1.63 bits per heavy atom. The van der Waals surface area contributed by atoms with Gasteiger partial charge in [0, 0.05) is 38.3 Å². The van der Waals surface area contributed by atoms with Gasteiger partial charge in [-0.05, 0) is 36.1 Å². The highest BCUT2D eigenvalue weighted by atomic mass is 16.5. The molecular weight excluding hydrogens is 340 g/mol. The summed E-state index contributed by atoms with van der Waals surface area (Å²) >= 11 is 0. The van der Waals surface area contributed by atoms with E-state index in [0.29, 0.717) is 11.8 Å². The summed E-state index contributed by atoms with van der Waals surface area (Å²) < 4.78 is 10.8. The minimum absolute atomic E-state index is 0.0483. The summed E-state index contributed by atoms with van der Waals surface area (Å²) in [6.07, 6.45) is 2.26. The lowest BCUT2D eigenvalue weighted by molar-refractivity contribution is -0.135. The standard InChI is InChI=1S/C22H26N2O3/c1-26-20-7-4-8-21(15-20)27-16-22(25)24-11-9-23(10-12-24)19-13-17-5-2-3-6-18(17)14-19/h2-8,15,19H,9-14,16H2,1H3. The first-order valence-corrected chi connectivity index (χ1v) is 9.58. The van der Waals surface area contributed by atoms with Gasteiger partial charge >= 0.3 is 0 Å². The molecule has 1 aliphatic heterocycles. The molecule has 0 N–H and O–H groups in total. The normalized spacial score (nSPS) is 17.6. The van der Waals surface area contributed by atoms with Gasteiger partial charge in [0.2, 0.25) is 0 Å². The van der Waals surface area contributed by atoms with Crippen LogP contribution in [0.4, 0.5) is 0 Å². The summed E-state index contributed by atoms with van der Waals surface area (Å²) in [4.78, 5) is 16.9. The van der Waals surface area contributed by atoms with Gasteiger partial charge in [0.25, 0.3) is 5.91 Å². The molecule has 0 spiro atoms. The Labute approximate surface area is 160 Å². The third-order valence-corrected chi connectivity index (χ3v) is 5.62. The zero-order valence-electron chi connectivity index (χ0n) is 15.8. The first-order valence-electron chi connectivity index (χ1n) is 9.58. The summed E-state index contributed by atoms with van der Waals surface area (Å²) in [5.41, 5.74) is 2.96. The summed E-state index contributed by atoms with van der Waals surface area (Å²) in [7, 11) is 1.62. The fraction of sp³-hybridized carbons (Fsp3) is 0.409. The number of rotatable bonds is 5. The van der Waals surface area contributed by atoms with E-state index in [4.69, 9.17) is 9.47 Å². The average Bonchev–Trinajstić information content (AvgIpc) is 3.16. The van der Waals surface area contributed by atoms with Crippen molar-refractivity contribution in [2.75, 3.05) is 39.9 Å². The monoisotopic (exact) mass is 366 g/mol. The Hall–Kier alpha value is -2.53. The maximum absolute atomic E-state index is 12.5. The number of fused-ring (bicyclic) bond motifs is 1. The van der Waals surface area contributed by atoms with Crippen LogP contribution in [0, 0.1) is 0 Å². The number of ether oxygens (including phenoxy) is 2. The molecule has 0 aromatic heterocycles. The van der Waals surface area contributed by atoms with Crippen molar-refractivity contribution in [1.82, 2.24) is 9.80 Å². The number of methoxy groups -OCH3 is 1. The largest absolute Gasteiger partial charge is 0.497 e. The molecule has 1 fully saturated rings. The van der Waals surface area contributed by atoms with Crippen LogP contribution in [0.5, 0.6) is 11.5 Å². The van der Waals surface area contributed by atoms with E-state index in [1.165, 1.54) is 11.1 Å². The van der Waals surface area contributed by atoms with Crippen molar-refractivity contribution in [3.63, 3.8) is 0 Å². The molecular formula is C22H26N2O3. The van der Waals surface area contributed by atoms with Gasteiger partial charge in [-0.2, -0.15) is 0 Å². The summed E-state index contributed by atoms with van der Waals surface area (Å²) in [5, 5.41) is 0. The number of carbonyl (C=O) groups is 1. The lowest BCUT2D eigenvalue weighted by Crippen LogP contribution is -2.53. The second-order valence-corrected chi connectivity index (χ2v) is 7.22. The average molecular weight is 366 g/mol. The van der Waals surface area contributed by atoms with Crippen molar-refractivity contribution in [2.24, 2.45) is 0 Å². The van der Waals surface area contributed by atoms with E-state index in [0.717, 1.165) is 44.8 Å². The number of hydrogen-bond acceptors (Lipinski definition) is 4. The summed E-state index contributed by atoms with van der Waals surface area (Å²) in [6, 6.07) is 16.7. The highest BCUT2D eigenvalue weighted by Gasteiger charge is 2.30. The van der Waals surface area contributed by atoms with Crippen molar-refractivity contribution < 1.29 is 14.3 Å². The predicted octanol–water partition coefficient (Wildman–Crippen LogP) is 2.39. The Morgan fingerprint density at radius 1 is 0.963 bits per heavy atom. The first kappa shape index (κ1) is 17.9. The van der Waals surface area contributed by atoms with Crippen LogP contribution in [0.3, 0.4) is 0 Å². The van der Waals surface area contributed by atoms with Crippen molar-refractivity contribution in [2.45, 2.75) is 18.9 Å². The van der Waals surface area contributed by atoms with E-state index in [2.05, 4.69) is 29.2 Å². The number of carbonyl (C=O) groups excluding carboxylic acids is 1. The number of amides is 1. The highest BCUT2D eigenvalue weighted by Crippen LogP contribution is 2.26. The van der Waals surface area contributed by atoms with Gasteiger partial charge in [0.15, 0.2) is 6.61 Å². The molecule has 1 aliphatic carbocycles. The van der Waals surface area contributed by atoms with Crippen molar-refractivity contribution in [1.29, 1.82) is 0 Å². The van der Waals surface area contributed by atoms with Crippen LogP contribution in [-0.2, 0) is 17.6 Å². The van der Waals surface area contributed by atoms with Gasteiger partial charge in [-0.1, -0.05) is 30.3 Å². The van der Waals surface area contributed by atoms with Crippen LogP contribution in [0.2, 0.25) is 0 Å². The summed E-state index contributed by atoms with van der Waals surface area (Å²) in [6.45, 7) is 3.48. The van der Waals surface area contributed by atoms with Gasteiger partial charge < -0.3 is 14.4 Å². The quantitative estimate of drug-likeness (QED) is 0.815. The molecule has 1 saturated heterocycles. The predicted molar refractivity (Wildman–Crippen MR) is 104 cm³/mol. The molecule has 0 unspecified atom stereocenters. The molecule has 2 aliphatic rings. The minimum Gasteiger partial charge on any atom is -0.497 e. The molecule has 0 saturated carbocycles. The van der Waals surface area contributed by atoms with Crippen LogP contribution < -0.4 is 9.47 Å². The SMILES string of the molecule is COc1cccc(OCC(=O)N2CCN(C3Cc4ccccc4C3)CC2)c1. The lowest BCUT2D eigenvalue weighted by Gasteiger charge is -2.38. The highest BCUT2D eigenvalue weighted by molar-refractivity contribution is 5.77. The van der Waals surface area contributed by atoms with E-state index in [-0.39, 0.29) is 12.5 Å². The second-order valence-electron chi connectivity index (χ2n) is 7.22. The Kier molecular flexibility index (Phi) is 5.30. The molecule has 5 heteroatoms. The Balaban J connectivity index is 1.25. The number of piperazine rings is 1. The molecule has 4 rings (SSSR count). The second kappa shape index (κ2) is 8.01. The molecule has 2 aromatic rings. The van der Waals surface area contributed by atoms with Crippen LogP contribution in [0.1, 0.15) is 11.1 Å². The van der Waals surface area contributed by atoms with E-state index < -0.39 is 0 Å². The van der Waals surface area contributed by atoms with Crippen LogP contribution in [0.15, 0.2) is 48.5 Å². The van der Waals surface area contributed by atoms with Crippen molar-refractivity contribution in [3.05, 3.63) is 59.7 Å². The van der Waals surface area contributed by atoms with Crippen molar-refractivity contribution >= 4 is 5.91 Å². The maximum atomic E-state index is 12.5. The van der Waals surface area contributed by atoms with Gasteiger partial charge in [0.1, 0.15) is 11.5 Å². The van der Waals surface area contributed by atoms with Crippen LogP contribution >= 0.6 is 0 Å². The number of nitrogens with zero attached hydrogens (tertiary/aromatic N) is 2. The molecule has 5 nitrogen and oxygen atoms in total. The molecule has 2 aromatic carbocycles. The molecule has 1 heterocycles. The van der Waals surface area contributed by atoms with E-state index in [1.54, 1.807) is 13.2 Å². The Morgan fingerprint density at radius 3 is 2.30 bits per heavy atom.